The summed E-state index contributed by atoms with van der Waals surface area (Å²) in [7, 11) is 0. The average Bonchev–Trinajstić information content (AvgIpc) is 2.78. The molecule has 1 heterocycles. The molecule has 0 bridgehead atoms. The molecule has 12 nitrogen and oxygen atoms in total. The summed E-state index contributed by atoms with van der Waals surface area (Å²) in [5.41, 5.74) is 0. The molecule has 1 fully saturated rings. The fraction of sp³-hybridized carbons (Fsp3) is 0.833. The van der Waals surface area contributed by atoms with E-state index in [9.17, 15) is 29.7 Å². The molecule has 30 heavy (non-hydrogen) atoms. The van der Waals surface area contributed by atoms with E-state index < -0.39 is 36.2 Å². The van der Waals surface area contributed by atoms with Gasteiger partial charge in [-0.3, -0.25) is 0 Å². The molecule has 0 spiro atoms. The third-order valence-electron chi connectivity index (χ3n) is 5.21. The minimum absolute atomic E-state index is 0.0603. The van der Waals surface area contributed by atoms with Crippen LogP contribution in [0.3, 0.4) is 0 Å². The van der Waals surface area contributed by atoms with Crippen LogP contribution in [0, 0.1) is 0 Å². The Morgan fingerprint density at radius 2 is 0.733 bits per heavy atom. The van der Waals surface area contributed by atoms with Crippen molar-refractivity contribution in [3.63, 3.8) is 0 Å². The lowest BCUT2D eigenvalue weighted by Gasteiger charge is -2.26. The number of carboxylic acid groups (broad SMARTS) is 3. The Bertz CT molecular complexity index is 475. The van der Waals surface area contributed by atoms with Crippen LogP contribution in [0.15, 0.2) is 0 Å². The van der Waals surface area contributed by atoms with Crippen LogP contribution in [0.2, 0.25) is 0 Å². The van der Waals surface area contributed by atoms with Gasteiger partial charge < -0.3 is 45.3 Å². The Morgan fingerprint density at radius 3 is 0.900 bits per heavy atom. The lowest BCUT2D eigenvalue weighted by molar-refractivity contribution is -0.147. The minimum Gasteiger partial charge on any atom is -0.479 e. The van der Waals surface area contributed by atoms with E-state index in [1.54, 1.807) is 0 Å². The summed E-state index contributed by atoms with van der Waals surface area (Å²) in [5, 5.41) is 55.1. The van der Waals surface area contributed by atoms with Crippen molar-refractivity contribution in [3.8, 4) is 0 Å². The summed E-state index contributed by atoms with van der Waals surface area (Å²) in [6.45, 7) is 4.48. The van der Waals surface area contributed by atoms with Crippen molar-refractivity contribution in [3.05, 3.63) is 0 Å². The molecule has 0 aliphatic carbocycles. The van der Waals surface area contributed by atoms with Crippen molar-refractivity contribution < 1.29 is 45.0 Å². The summed E-state index contributed by atoms with van der Waals surface area (Å²) in [4.78, 5) is 38.5. The molecule has 1 aliphatic heterocycles. The highest BCUT2D eigenvalue weighted by Gasteiger charge is 2.22. The summed E-state index contributed by atoms with van der Waals surface area (Å²) in [6.07, 6.45) is -4.19. The highest BCUT2D eigenvalue weighted by molar-refractivity contribution is 5.72. The van der Waals surface area contributed by atoms with Crippen LogP contribution in [-0.2, 0) is 14.4 Å². The number of nitrogens with zero attached hydrogens (tertiary/aromatic N) is 3. The van der Waals surface area contributed by atoms with Crippen molar-refractivity contribution >= 4 is 17.9 Å². The molecule has 0 amide bonds. The first-order chi connectivity index (χ1) is 14.1. The van der Waals surface area contributed by atoms with Gasteiger partial charge in [0.25, 0.3) is 0 Å². The second kappa shape index (κ2) is 13.5. The Hall–Kier alpha value is -1.83. The molecule has 1 saturated heterocycles. The van der Waals surface area contributed by atoms with E-state index in [1.165, 1.54) is 0 Å². The molecule has 0 radical (unpaired) electrons. The number of hydrogen-bond acceptors (Lipinski definition) is 9. The SMILES string of the molecule is O=C(O)[C@@H](O)CCN1CCN(CC[C@H](O)C(=O)O)CCN(CC[C@H](O)C(=O)O)CC1. The van der Waals surface area contributed by atoms with Crippen molar-refractivity contribution in [1.29, 1.82) is 0 Å². The Morgan fingerprint density at radius 1 is 0.533 bits per heavy atom. The van der Waals surface area contributed by atoms with Crippen molar-refractivity contribution in [2.24, 2.45) is 0 Å². The third-order valence-corrected chi connectivity index (χ3v) is 5.21. The van der Waals surface area contributed by atoms with Gasteiger partial charge in [0, 0.05) is 58.9 Å². The smallest absolute Gasteiger partial charge is 0.332 e. The van der Waals surface area contributed by atoms with Gasteiger partial charge in [-0.15, -0.1) is 0 Å². The molecule has 1 rings (SSSR count). The number of carboxylic acids is 3. The maximum atomic E-state index is 10.8. The number of aliphatic carboxylic acids is 3. The van der Waals surface area contributed by atoms with Gasteiger partial charge in [-0.1, -0.05) is 0 Å². The lowest BCUT2D eigenvalue weighted by atomic mass is 10.2. The van der Waals surface area contributed by atoms with Crippen LogP contribution in [0.25, 0.3) is 0 Å². The molecule has 0 saturated carbocycles. The molecule has 12 heteroatoms. The normalized spacial score (nSPS) is 20.5. The molecule has 1 aliphatic rings. The number of aliphatic hydroxyl groups is 3. The Labute approximate surface area is 174 Å². The highest BCUT2D eigenvalue weighted by Crippen LogP contribution is 2.06. The van der Waals surface area contributed by atoms with Gasteiger partial charge in [0.1, 0.15) is 0 Å². The molecular weight excluding hydrogens is 402 g/mol. The second-order valence-electron chi connectivity index (χ2n) is 7.45. The van der Waals surface area contributed by atoms with Crippen LogP contribution in [0.1, 0.15) is 19.3 Å². The zero-order valence-electron chi connectivity index (χ0n) is 17.0. The van der Waals surface area contributed by atoms with Gasteiger partial charge in [0.05, 0.1) is 0 Å². The van der Waals surface area contributed by atoms with Crippen molar-refractivity contribution in [2.45, 2.75) is 37.6 Å². The van der Waals surface area contributed by atoms with Gasteiger partial charge in [0.2, 0.25) is 0 Å². The summed E-state index contributed by atoms with van der Waals surface area (Å²) < 4.78 is 0. The third kappa shape index (κ3) is 10.3. The van der Waals surface area contributed by atoms with Gasteiger partial charge in [-0.05, 0) is 19.3 Å². The van der Waals surface area contributed by atoms with Gasteiger partial charge >= 0.3 is 17.9 Å². The van der Waals surface area contributed by atoms with Crippen molar-refractivity contribution in [2.75, 3.05) is 58.9 Å². The minimum atomic E-state index is -1.46. The number of aliphatic hydroxyl groups excluding tert-OH is 3. The van der Waals surface area contributed by atoms with E-state index >= 15 is 0 Å². The molecule has 0 aromatic carbocycles. The fourth-order valence-corrected chi connectivity index (χ4v) is 3.14. The molecule has 174 valence electrons. The van der Waals surface area contributed by atoms with E-state index in [0.29, 0.717) is 58.9 Å². The van der Waals surface area contributed by atoms with Crippen LogP contribution < -0.4 is 0 Å². The average molecular weight is 435 g/mol. The molecule has 0 aromatic rings. The van der Waals surface area contributed by atoms with Crippen LogP contribution in [0.4, 0.5) is 0 Å². The maximum Gasteiger partial charge on any atom is 0.332 e. The maximum absolute atomic E-state index is 10.8. The first-order valence-corrected chi connectivity index (χ1v) is 9.99. The van der Waals surface area contributed by atoms with E-state index in [2.05, 4.69) is 0 Å². The van der Waals surface area contributed by atoms with Crippen LogP contribution in [0.5, 0.6) is 0 Å². The highest BCUT2D eigenvalue weighted by atomic mass is 16.4. The molecule has 6 N–H and O–H groups in total. The summed E-state index contributed by atoms with van der Waals surface area (Å²) in [6, 6.07) is 0. The molecule has 3 atom stereocenters. The van der Waals surface area contributed by atoms with Crippen molar-refractivity contribution in [1.82, 2.24) is 14.7 Å². The van der Waals surface area contributed by atoms with Crippen LogP contribution >= 0.6 is 0 Å². The Balaban J connectivity index is 2.71. The van der Waals surface area contributed by atoms with Gasteiger partial charge in [-0.25, -0.2) is 14.4 Å². The Kier molecular flexibility index (Phi) is 11.8. The monoisotopic (exact) mass is 435 g/mol. The quantitative estimate of drug-likeness (QED) is 0.188. The number of rotatable bonds is 12. The lowest BCUT2D eigenvalue weighted by Crippen LogP contribution is -2.39. The first kappa shape index (κ1) is 26.2. The first-order valence-electron chi connectivity index (χ1n) is 9.99. The zero-order valence-corrected chi connectivity index (χ0v) is 17.0. The summed E-state index contributed by atoms with van der Waals surface area (Å²) >= 11 is 0. The largest absolute Gasteiger partial charge is 0.479 e. The van der Waals surface area contributed by atoms with E-state index in [1.807, 2.05) is 14.7 Å². The van der Waals surface area contributed by atoms with E-state index in [0.717, 1.165) is 0 Å². The second-order valence-corrected chi connectivity index (χ2v) is 7.45. The van der Waals surface area contributed by atoms with Crippen LogP contribution in [-0.4, -0.2) is 140 Å². The van der Waals surface area contributed by atoms with E-state index in [4.69, 9.17) is 15.3 Å². The van der Waals surface area contributed by atoms with Gasteiger partial charge in [-0.2, -0.15) is 0 Å². The number of hydrogen-bond donors (Lipinski definition) is 6. The predicted octanol–water partition coefficient (Wildman–Crippen LogP) is -2.59. The number of carbonyl (C=O) groups is 3. The topological polar surface area (TPSA) is 182 Å². The van der Waals surface area contributed by atoms with E-state index in [-0.39, 0.29) is 19.3 Å². The fourth-order valence-electron chi connectivity index (χ4n) is 3.14. The molecule has 0 unspecified atom stereocenters. The predicted molar refractivity (Wildman–Crippen MR) is 104 cm³/mol. The zero-order chi connectivity index (χ0) is 22.7. The van der Waals surface area contributed by atoms with Gasteiger partial charge in [0.15, 0.2) is 18.3 Å². The summed E-state index contributed by atoms with van der Waals surface area (Å²) in [5.74, 6) is -3.85. The molecular formula is C18H33N3O9. The standard InChI is InChI=1S/C18H33N3O9/c22-13(16(25)26)1-4-19-7-9-20(5-2-14(23)17(27)28)11-12-21(10-8-19)6-3-15(24)18(29)30/h13-15,22-24H,1-12H2,(H,25,26)(H,27,28)(H,29,30)/t13-,14-,15-/m0/s1. The molecule has 0 aromatic heterocycles.